The molecule has 0 aliphatic heterocycles. The van der Waals surface area contributed by atoms with E-state index in [2.05, 4.69) is 29.0 Å². The summed E-state index contributed by atoms with van der Waals surface area (Å²) < 4.78 is 18.6. The van der Waals surface area contributed by atoms with E-state index in [0.29, 0.717) is 29.5 Å². The third-order valence-electron chi connectivity index (χ3n) is 5.67. The topological polar surface area (TPSA) is 60.6 Å². The number of hydrogen-bond acceptors (Lipinski definition) is 4. The summed E-state index contributed by atoms with van der Waals surface area (Å²) in [5.74, 6) is 0.422. The van der Waals surface area contributed by atoms with Gasteiger partial charge in [-0.05, 0) is 86.8 Å². The standard InChI is InChI=1S/C25H31FN4O2S/c1-4-29(5-2)13-6-14-30(25(33)27-21-9-7-20(26)8-10-21)17-19-15-18-16-22(32-3)11-12-23(18)28-24(19)31/h7-12,15-16H,4-6,13-14,17H2,1-3H3,(H,27,33)(H,28,31). The number of nitrogens with one attached hydrogen (secondary N) is 2. The van der Waals surface area contributed by atoms with Crippen LogP contribution in [0, 0.1) is 5.82 Å². The molecule has 6 nitrogen and oxygen atoms in total. The van der Waals surface area contributed by atoms with Crippen LogP contribution < -0.4 is 15.6 Å². The molecule has 2 aromatic carbocycles. The highest BCUT2D eigenvalue weighted by molar-refractivity contribution is 7.80. The summed E-state index contributed by atoms with van der Waals surface area (Å²) in [6.45, 7) is 8.23. The van der Waals surface area contributed by atoms with E-state index in [-0.39, 0.29) is 11.4 Å². The lowest BCUT2D eigenvalue weighted by molar-refractivity contribution is 0.281. The molecule has 0 fully saturated rings. The predicted octanol–water partition coefficient (Wildman–Crippen LogP) is 4.61. The van der Waals surface area contributed by atoms with Crippen molar-refractivity contribution < 1.29 is 9.13 Å². The zero-order valence-corrected chi connectivity index (χ0v) is 20.2. The molecule has 0 bridgehead atoms. The number of methoxy groups -OCH3 is 1. The summed E-state index contributed by atoms with van der Waals surface area (Å²) in [6, 6.07) is 13.5. The number of thiocarbonyl (C=S) groups is 1. The van der Waals surface area contributed by atoms with Crippen LogP contribution in [-0.4, -0.2) is 53.2 Å². The first-order valence-corrected chi connectivity index (χ1v) is 11.6. The van der Waals surface area contributed by atoms with Gasteiger partial charge in [-0.25, -0.2) is 4.39 Å². The van der Waals surface area contributed by atoms with E-state index in [9.17, 15) is 9.18 Å². The molecule has 0 unspecified atom stereocenters. The molecule has 0 spiro atoms. The number of benzene rings is 2. The predicted molar refractivity (Wildman–Crippen MR) is 137 cm³/mol. The normalized spacial score (nSPS) is 11.1. The second-order valence-corrected chi connectivity index (χ2v) is 8.20. The van der Waals surface area contributed by atoms with E-state index in [1.165, 1.54) is 12.1 Å². The molecule has 8 heteroatoms. The number of ether oxygens (including phenoxy) is 1. The number of aromatic amines is 1. The van der Waals surface area contributed by atoms with Crippen molar-refractivity contribution in [1.82, 2.24) is 14.8 Å². The fraction of sp³-hybridized carbons (Fsp3) is 0.360. The Morgan fingerprint density at radius 2 is 1.82 bits per heavy atom. The van der Waals surface area contributed by atoms with Gasteiger partial charge in [-0.1, -0.05) is 13.8 Å². The van der Waals surface area contributed by atoms with Gasteiger partial charge in [-0.3, -0.25) is 4.79 Å². The highest BCUT2D eigenvalue weighted by atomic mass is 32.1. The summed E-state index contributed by atoms with van der Waals surface area (Å²) in [7, 11) is 1.62. The lowest BCUT2D eigenvalue weighted by Crippen LogP contribution is -2.38. The number of fused-ring (bicyclic) bond motifs is 1. The van der Waals surface area contributed by atoms with Crippen LogP contribution in [-0.2, 0) is 6.54 Å². The number of hydrogen-bond donors (Lipinski definition) is 2. The first-order valence-electron chi connectivity index (χ1n) is 11.2. The molecule has 0 amide bonds. The van der Waals surface area contributed by atoms with Gasteiger partial charge in [0, 0.05) is 28.7 Å². The molecule has 0 aliphatic carbocycles. The molecule has 1 heterocycles. The lowest BCUT2D eigenvalue weighted by Gasteiger charge is -2.27. The van der Waals surface area contributed by atoms with Gasteiger partial charge < -0.3 is 24.8 Å². The van der Waals surface area contributed by atoms with Crippen molar-refractivity contribution in [3.8, 4) is 5.75 Å². The molecular weight excluding hydrogens is 439 g/mol. The number of halogens is 1. The average Bonchev–Trinajstić information content (AvgIpc) is 2.82. The van der Waals surface area contributed by atoms with Crippen molar-refractivity contribution in [2.24, 2.45) is 0 Å². The first-order chi connectivity index (χ1) is 15.9. The van der Waals surface area contributed by atoms with Crippen molar-refractivity contribution in [3.05, 3.63) is 70.3 Å². The van der Waals surface area contributed by atoms with Crippen LogP contribution in [0.4, 0.5) is 10.1 Å². The smallest absolute Gasteiger partial charge is 0.253 e. The van der Waals surface area contributed by atoms with E-state index in [4.69, 9.17) is 17.0 Å². The van der Waals surface area contributed by atoms with E-state index in [1.54, 1.807) is 19.2 Å². The lowest BCUT2D eigenvalue weighted by atomic mass is 10.1. The summed E-state index contributed by atoms with van der Waals surface area (Å²) in [5, 5.41) is 4.56. The Morgan fingerprint density at radius 1 is 1.09 bits per heavy atom. The number of aromatic nitrogens is 1. The minimum atomic E-state index is -0.305. The molecule has 0 saturated heterocycles. The zero-order valence-electron chi connectivity index (χ0n) is 19.4. The molecule has 0 saturated carbocycles. The van der Waals surface area contributed by atoms with Gasteiger partial charge in [-0.2, -0.15) is 0 Å². The maximum atomic E-state index is 13.3. The minimum Gasteiger partial charge on any atom is -0.497 e. The van der Waals surface area contributed by atoms with Gasteiger partial charge >= 0.3 is 0 Å². The van der Waals surface area contributed by atoms with Crippen LogP contribution in [0.15, 0.2) is 53.3 Å². The Kier molecular flexibility index (Phi) is 8.79. The van der Waals surface area contributed by atoms with Crippen LogP contribution >= 0.6 is 12.2 Å². The van der Waals surface area contributed by atoms with Crippen molar-refractivity contribution >= 4 is 33.9 Å². The molecule has 0 radical (unpaired) electrons. The molecule has 0 atom stereocenters. The minimum absolute atomic E-state index is 0.147. The Hall–Kier alpha value is -2.97. The highest BCUT2D eigenvalue weighted by Gasteiger charge is 2.15. The molecule has 3 rings (SSSR count). The molecule has 1 aromatic heterocycles. The summed E-state index contributed by atoms with van der Waals surface area (Å²) in [6.07, 6.45) is 0.895. The third-order valence-corrected chi connectivity index (χ3v) is 6.03. The molecule has 176 valence electrons. The molecule has 2 N–H and O–H groups in total. The summed E-state index contributed by atoms with van der Waals surface area (Å²) in [5.41, 5.74) is 1.92. The van der Waals surface area contributed by atoms with E-state index in [0.717, 1.165) is 42.7 Å². The largest absolute Gasteiger partial charge is 0.497 e. The van der Waals surface area contributed by atoms with Gasteiger partial charge in [-0.15, -0.1) is 0 Å². The van der Waals surface area contributed by atoms with Gasteiger partial charge in [0.25, 0.3) is 5.56 Å². The van der Waals surface area contributed by atoms with Gasteiger partial charge in [0.05, 0.1) is 13.7 Å². The number of H-pyrrole nitrogens is 1. The highest BCUT2D eigenvalue weighted by Crippen LogP contribution is 2.19. The van der Waals surface area contributed by atoms with Crippen LogP contribution in [0.3, 0.4) is 0 Å². The Labute approximate surface area is 199 Å². The maximum Gasteiger partial charge on any atom is 0.253 e. The van der Waals surface area contributed by atoms with Crippen LogP contribution in [0.5, 0.6) is 5.75 Å². The van der Waals surface area contributed by atoms with E-state index >= 15 is 0 Å². The van der Waals surface area contributed by atoms with E-state index in [1.807, 2.05) is 29.2 Å². The van der Waals surface area contributed by atoms with E-state index < -0.39 is 0 Å². The quantitative estimate of drug-likeness (QED) is 0.422. The second-order valence-electron chi connectivity index (χ2n) is 7.82. The molecular formula is C25H31FN4O2S. The average molecular weight is 471 g/mol. The van der Waals surface area contributed by atoms with Gasteiger partial charge in [0.2, 0.25) is 0 Å². The number of pyridine rings is 1. The van der Waals surface area contributed by atoms with Crippen LogP contribution in [0.1, 0.15) is 25.8 Å². The molecule has 33 heavy (non-hydrogen) atoms. The fourth-order valence-electron chi connectivity index (χ4n) is 3.69. The number of nitrogens with zero attached hydrogens (tertiary/aromatic N) is 2. The summed E-state index contributed by atoms with van der Waals surface area (Å²) >= 11 is 5.68. The Morgan fingerprint density at radius 3 is 2.48 bits per heavy atom. The summed E-state index contributed by atoms with van der Waals surface area (Å²) in [4.78, 5) is 20.1. The Bertz CT molecular complexity index is 1130. The number of rotatable bonds is 10. The third kappa shape index (κ3) is 6.76. The maximum absolute atomic E-state index is 13.3. The molecule has 0 aliphatic rings. The zero-order chi connectivity index (χ0) is 23.8. The van der Waals surface area contributed by atoms with Gasteiger partial charge in [0.1, 0.15) is 11.6 Å². The fourth-order valence-corrected chi connectivity index (χ4v) is 3.97. The van der Waals surface area contributed by atoms with Crippen LogP contribution in [0.25, 0.3) is 10.9 Å². The number of anilines is 1. The molecule has 3 aromatic rings. The second kappa shape index (κ2) is 11.8. The Balaban J connectivity index is 1.82. The first kappa shape index (κ1) is 24.7. The van der Waals surface area contributed by atoms with Crippen molar-refractivity contribution in [3.63, 3.8) is 0 Å². The van der Waals surface area contributed by atoms with Crippen molar-refractivity contribution in [2.45, 2.75) is 26.8 Å². The van der Waals surface area contributed by atoms with Gasteiger partial charge in [0.15, 0.2) is 5.11 Å². The monoisotopic (exact) mass is 470 g/mol. The van der Waals surface area contributed by atoms with Crippen molar-refractivity contribution in [1.29, 1.82) is 0 Å². The van der Waals surface area contributed by atoms with Crippen molar-refractivity contribution in [2.75, 3.05) is 38.6 Å². The van der Waals surface area contributed by atoms with Crippen LogP contribution in [0.2, 0.25) is 0 Å². The SMILES string of the molecule is CCN(CC)CCCN(Cc1cc2cc(OC)ccc2[nH]c1=O)C(=S)Nc1ccc(F)cc1.